The van der Waals surface area contributed by atoms with Gasteiger partial charge in [-0.15, -0.1) is 0 Å². The van der Waals surface area contributed by atoms with E-state index in [4.69, 9.17) is 4.52 Å². The molecule has 7 nitrogen and oxygen atoms in total. The lowest BCUT2D eigenvalue weighted by Crippen LogP contribution is -2.27. The summed E-state index contributed by atoms with van der Waals surface area (Å²) in [6, 6.07) is 3.42. The topological polar surface area (TPSA) is 85.8 Å². The number of aromatic nitrogens is 4. The molecule has 0 aliphatic rings. The van der Waals surface area contributed by atoms with Crippen LogP contribution in [0.3, 0.4) is 0 Å². The van der Waals surface area contributed by atoms with Crippen LogP contribution in [0.25, 0.3) is 11.1 Å². The Bertz CT molecular complexity index is 849. The van der Waals surface area contributed by atoms with Gasteiger partial charge in [0.1, 0.15) is 0 Å². The number of fused-ring (bicyclic) bond motifs is 1. The number of carbonyl (C=O) groups is 1. The number of nitrogens with one attached hydrogen (secondary N) is 1. The first-order chi connectivity index (χ1) is 10.5. The molecule has 1 N–H and O–H groups in total. The highest BCUT2D eigenvalue weighted by molar-refractivity contribution is 6.06. The molecule has 3 heterocycles. The zero-order chi connectivity index (χ0) is 15.9. The van der Waals surface area contributed by atoms with Gasteiger partial charge >= 0.3 is 0 Å². The molecule has 1 unspecified atom stereocenters. The second kappa shape index (κ2) is 5.25. The number of hydrogen-bond donors (Lipinski definition) is 1. The van der Waals surface area contributed by atoms with Crippen LogP contribution in [0.2, 0.25) is 0 Å². The number of nitrogens with zero attached hydrogens (tertiary/aromatic N) is 4. The smallest absolute Gasteiger partial charge is 0.258 e. The second-order valence-electron chi connectivity index (χ2n) is 5.37. The molecule has 0 spiro atoms. The van der Waals surface area contributed by atoms with Crippen molar-refractivity contribution in [1.82, 2.24) is 25.2 Å². The Kier molecular flexibility index (Phi) is 3.40. The third kappa shape index (κ3) is 2.45. The molecule has 0 fully saturated rings. The van der Waals surface area contributed by atoms with E-state index in [2.05, 4.69) is 20.6 Å². The SMILES string of the molecule is Cc1cc(C(=O)NC(C)c2ccn(C)n2)c2c(C)noc2n1. The molecule has 1 amide bonds. The van der Waals surface area contributed by atoms with Crippen LogP contribution in [-0.4, -0.2) is 25.8 Å². The minimum Gasteiger partial charge on any atom is -0.344 e. The highest BCUT2D eigenvalue weighted by atomic mass is 16.5. The molecule has 1 atom stereocenters. The van der Waals surface area contributed by atoms with Gasteiger partial charge in [0.05, 0.1) is 28.4 Å². The Morgan fingerprint density at radius 3 is 2.86 bits per heavy atom. The fourth-order valence-corrected chi connectivity index (χ4v) is 2.41. The van der Waals surface area contributed by atoms with Crippen molar-refractivity contribution in [2.45, 2.75) is 26.8 Å². The molecule has 0 bridgehead atoms. The second-order valence-corrected chi connectivity index (χ2v) is 5.37. The van der Waals surface area contributed by atoms with Gasteiger partial charge in [-0.05, 0) is 32.9 Å². The molecule has 7 heteroatoms. The van der Waals surface area contributed by atoms with Crippen LogP contribution in [0.1, 0.15) is 40.4 Å². The summed E-state index contributed by atoms with van der Waals surface area (Å²) in [5.74, 6) is -0.194. The summed E-state index contributed by atoms with van der Waals surface area (Å²) >= 11 is 0. The predicted octanol–water partition coefficient (Wildman–Crippen LogP) is 2.06. The van der Waals surface area contributed by atoms with Crippen LogP contribution in [0.15, 0.2) is 22.9 Å². The van der Waals surface area contributed by atoms with Crippen molar-refractivity contribution in [2.75, 3.05) is 0 Å². The fraction of sp³-hybridized carbons (Fsp3) is 0.333. The molecule has 114 valence electrons. The number of carbonyl (C=O) groups excluding carboxylic acids is 1. The molecule has 3 aromatic heterocycles. The first-order valence-corrected chi connectivity index (χ1v) is 6.99. The summed E-state index contributed by atoms with van der Waals surface area (Å²) < 4.78 is 6.86. The number of amides is 1. The van der Waals surface area contributed by atoms with Crippen molar-refractivity contribution in [1.29, 1.82) is 0 Å². The zero-order valence-corrected chi connectivity index (χ0v) is 12.9. The summed E-state index contributed by atoms with van der Waals surface area (Å²) in [5, 5.41) is 11.8. The molecule has 3 rings (SSSR count). The third-order valence-corrected chi connectivity index (χ3v) is 3.52. The van der Waals surface area contributed by atoms with Crippen LogP contribution < -0.4 is 5.32 Å². The summed E-state index contributed by atoms with van der Waals surface area (Å²) in [7, 11) is 1.84. The lowest BCUT2D eigenvalue weighted by molar-refractivity contribution is 0.0940. The standard InChI is InChI=1S/C15H17N5O2/c1-8-7-11(13-10(3)19-22-15(13)16-8)14(21)17-9(2)12-5-6-20(4)18-12/h5-7,9H,1-4H3,(H,17,21). The predicted molar refractivity (Wildman–Crippen MR) is 80.4 cm³/mol. The zero-order valence-electron chi connectivity index (χ0n) is 12.9. The third-order valence-electron chi connectivity index (χ3n) is 3.52. The molecule has 0 aliphatic heterocycles. The van der Waals surface area contributed by atoms with Gasteiger partial charge in [-0.3, -0.25) is 9.48 Å². The van der Waals surface area contributed by atoms with Gasteiger partial charge in [0, 0.05) is 18.9 Å². The quantitative estimate of drug-likeness (QED) is 0.800. The normalized spacial score (nSPS) is 12.5. The minimum absolute atomic E-state index is 0.194. The molecule has 0 radical (unpaired) electrons. The molecular formula is C15H17N5O2. The molecule has 0 aromatic carbocycles. The monoisotopic (exact) mass is 299 g/mol. The van der Waals surface area contributed by atoms with E-state index in [1.54, 1.807) is 17.7 Å². The lowest BCUT2D eigenvalue weighted by atomic mass is 10.1. The first-order valence-electron chi connectivity index (χ1n) is 6.99. The van der Waals surface area contributed by atoms with E-state index in [0.29, 0.717) is 28.1 Å². The van der Waals surface area contributed by atoms with Gasteiger partial charge in [-0.1, -0.05) is 5.16 Å². The largest absolute Gasteiger partial charge is 0.344 e. The van der Waals surface area contributed by atoms with Gasteiger partial charge in [0.2, 0.25) is 0 Å². The van der Waals surface area contributed by atoms with E-state index in [9.17, 15) is 4.79 Å². The summed E-state index contributed by atoms with van der Waals surface area (Å²) in [5.41, 5.74) is 3.06. The molecule has 3 aromatic rings. The van der Waals surface area contributed by atoms with Crippen LogP contribution >= 0.6 is 0 Å². The van der Waals surface area contributed by atoms with Crippen molar-refractivity contribution in [3.63, 3.8) is 0 Å². The van der Waals surface area contributed by atoms with Crippen molar-refractivity contribution < 1.29 is 9.32 Å². The van der Waals surface area contributed by atoms with Crippen LogP contribution in [0.4, 0.5) is 0 Å². The Morgan fingerprint density at radius 1 is 1.41 bits per heavy atom. The summed E-state index contributed by atoms with van der Waals surface area (Å²) in [6.07, 6.45) is 1.84. The van der Waals surface area contributed by atoms with Gasteiger partial charge in [-0.25, -0.2) is 4.98 Å². The minimum atomic E-state index is -0.197. The Balaban J connectivity index is 1.93. The average molecular weight is 299 g/mol. The first kappa shape index (κ1) is 14.2. The van der Waals surface area contributed by atoms with Gasteiger partial charge in [0.15, 0.2) is 0 Å². The Morgan fingerprint density at radius 2 is 2.18 bits per heavy atom. The van der Waals surface area contributed by atoms with Gasteiger partial charge in [-0.2, -0.15) is 5.10 Å². The lowest BCUT2D eigenvalue weighted by Gasteiger charge is -2.12. The Labute approximate surface area is 127 Å². The highest BCUT2D eigenvalue weighted by Gasteiger charge is 2.20. The van der Waals surface area contributed by atoms with Crippen LogP contribution in [0, 0.1) is 13.8 Å². The van der Waals surface area contributed by atoms with Gasteiger partial charge < -0.3 is 9.84 Å². The molecule has 0 saturated carbocycles. The van der Waals surface area contributed by atoms with E-state index in [-0.39, 0.29) is 11.9 Å². The van der Waals surface area contributed by atoms with Crippen LogP contribution in [0.5, 0.6) is 0 Å². The van der Waals surface area contributed by atoms with Crippen molar-refractivity contribution in [3.8, 4) is 0 Å². The number of hydrogen-bond acceptors (Lipinski definition) is 5. The maximum Gasteiger partial charge on any atom is 0.258 e. The van der Waals surface area contributed by atoms with Crippen molar-refractivity contribution in [3.05, 3.63) is 41.0 Å². The van der Waals surface area contributed by atoms with Crippen LogP contribution in [-0.2, 0) is 7.05 Å². The molecule has 22 heavy (non-hydrogen) atoms. The molecular weight excluding hydrogens is 282 g/mol. The van der Waals surface area contributed by atoms with E-state index in [0.717, 1.165) is 5.69 Å². The highest BCUT2D eigenvalue weighted by Crippen LogP contribution is 2.22. The van der Waals surface area contributed by atoms with E-state index < -0.39 is 0 Å². The van der Waals surface area contributed by atoms with Gasteiger partial charge in [0.25, 0.3) is 11.6 Å². The maximum atomic E-state index is 12.6. The fourth-order valence-electron chi connectivity index (χ4n) is 2.41. The summed E-state index contributed by atoms with van der Waals surface area (Å²) in [4.78, 5) is 16.9. The summed E-state index contributed by atoms with van der Waals surface area (Å²) in [6.45, 7) is 5.50. The van der Waals surface area contributed by atoms with E-state index in [1.807, 2.05) is 33.2 Å². The van der Waals surface area contributed by atoms with E-state index in [1.165, 1.54) is 0 Å². The molecule has 0 saturated heterocycles. The molecule has 0 aliphatic carbocycles. The Hall–Kier alpha value is -2.70. The average Bonchev–Trinajstić information content (AvgIpc) is 3.05. The van der Waals surface area contributed by atoms with E-state index >= 15 is 0 Å². The number of pyridine rings is 1. The number of rotatable bonds is 3. The van der Waals surface area contributed by atoms with Crippen molar-refractivity contribution >= 4 is 17.0 Å². The number of aryl methyl sites for hydroxylation is 3. The maximum absolute atomic E-state index is 12.6. The van der Waals surface area contributed by atoms with Crippen molar-refractivity contribution in [2.24, 2.45) is 7.05 Å².